The second-order valence-corrected chi connectivity index (χ2v) is 5.33. The molecule has 0 atom stereocenters. The molecule has 0 unspecified atom stereocenters. The molecule has 0 radical (unpaired) electrons. The summed E-state index contributed by atoms with van der Waals surface area (Å²) >= 11 is 0. The van der Waals surface area contributed by atoms with E-state index in [0.717, 1.165) is 11.3 Å². The fraction of sp³-hybridized carbons (Fsp3) is 0.286. The van der Waals surface area contributed by atoms with Crippen LogP contribution in [0, 0.1) is 6.92 Å². The zero-order valence-corrected chi connectivity index (χ0v) is 11.1. The van der Waals surface area contributed by atoms with Gasteiger partial charge in [-0.2, -0.15) is 0 Å². The first-order valence-electron chi connectivity index (χ1n) is 5.79. The Hall–Kier alpha value is -1.94. The molecule has 0 bridgehead atoms. The maximum Gasteiger partial charge on any atom is 0.258 e. The molecule has 4 nitrogen and oxygen atoms in total. The molecular formula is C14H17N2O2+. The van der Waals surface area contributed by atoms with Crippen molar-refractivity contribution >= 4 is 23.2 Å². The van der Waals surface area contributed by atoms with Crippen LogP contribution in [0.1, 0.15) is 5.56 Å². The highest BCUT2D eigenvalue weighted by atomic mass is 16.2. The van der Waals surface area contributed by atoms with E-state index in [9.17, 15) is 9.59 Å². The van der Waals surface area contributed by atoms with Gasteiger partial charge < -0.3 is 0 Å². The number of hydrogen-bond acceptors (Lipinski definition) is 2. The van der Waals surface area contributed by atoms with Crippen LogP contribution in [-0.4, -0.2) is 33.0 Å². The lowest BCUT2D eigenvalue weighted by Gasteiger charge is -2.25. The summed E-state index contributed by atoms with van der Waals surface area (Å²) in [5.41, 5.74) is 2.63. The third-order valence-electron chi connectivity index (χ3n) is 3.02. The van der Waals surface area contributed by atoms with Crippen molar-refractivity contribution in [3.05, 3.63) is 35.9 Å². The van der Waals surface area contributed by atoms with Gasteiger partial charge in [-0.05, 0) is 18.6 Å². The van der Waals surface area contributed by atoms with E-state index >= 15 is 0 Å². The molecule has 0 spiro atoms. The summed E-state index contributed by atoms with van der Waals surface area (Å²) in [4.78, 5) is 24.6. The van der Waals surface area contributed by atoms with Gasteiger partial charge in [0.25, 0.3) is 11.8 Å². The summed E-state index contributed by atoms with van der Waals surface area (Å²) in [6.45, 7) is 1.90. The Balaban J connectivity index is 2.51. The van der Waals surface area contributed by atoms with Crippen LogP contribution in [0.25, 0.3) is 0 Å². The van der Waals surface area contributed by atoms with E-state index in [-0.39, 0.29) is 11.8 Å². The van der Waals surface area contributed by atoms with Gasteiger partial charge in [-0.3, -0.25) is 14.1 Å². The van der Waals surface area contributed by atoms with Crippen molar-refractivity contribution in [1.29, 1.82) is 0 Å². The van der Waals surface area contributed by atoms with E-state index in [0.29, 0.717) is 10.2 Å². The molecule has 1 aliphatic heterocycles. The van der Waals surface area contributed by atoms with Gasteiger partial charge in [0.2, 0.25) is 0 Å². The second-order valence-electron chi connectivity index (χ2n) is 5.33. The number of quaternary nitrogens is 1. The number of anilines is 1. The second kappa shape index (κ2) is 4.07. The van der Waals surface area contributed by atoms with Crippen molar-refractivity contribution < 1.29 is 9.59 Å². The quantitative estimate of drug-likeness (QED) is 0.586. The van der Waals surface area contributed by atoms with E-state index in [2.05, 4.69) is 0 Å². The van der Waals surface area contributed by atoms with Gasteiger partial charge in [0.05, 0.1) is 26.8 Å². The van der Waals surface area contributed by atoms with Gasteiger partial charge in [0.15, 0.2) is 0 Å². The molecule has 1 aromatic rings. The molecule has 0 aliphatic carbocycles. The van der Waals surface area contributed by atoms with E-state index < -0.39 is 0 Å². The molecule has 1 aromatic carbocycles. The number of aryl methyl sites for hydroxylation is 1. The highest BCUT2D eigenvalue weighted by Crippen LogP contribution is 2.29. The van der Waals surface area contributed by atoms with Gasteiger partial charge >= 0.3 is 0 Å². The van der Waals surface area contributed by atoms with Crippen molar-refractivity contribution in [2.45, 2.75) is 6.92 Å². The standard InChI is InChI=1S/C14H17N2O2/c1-10-5-6-11(16(2,3)4)9-12(10)15-13(17)7-8-14(15)18/h5-9H,1-4H3/q+1. The Labute approximate surface area is 107 Å². The number of imide groups is 1. The van der Waals surface area contributed by atoms with Crippen molar-refractivity contribution in [2.75, 3.05) is 26.0 Å². The molecule has 1 heterocycles. The van der Waals surface area contributed by atoms with E-state index in [1.54, 1.807) is 0 Å². The number of rotatable bonds is 2. The molecule has 2 rings (SSSR count). The van der Waals surface area contributed by atoms with Crippen molar-refractivity contribution in [3.63, 3.8) is 0 Å². The summed E-state index contributed by atoms with van der Waals surface area (Å²) in [7, 11) is 6.13. The predicted molar refractivity (Wildman–Crippen MR) is 72.4 cm³/mol. The average molecular weight is 245 g/mol. The van der Waals surface area contributed by atoms with Gasteiger partial charge in [-0.15, -0.1) is 0 Å². The molecule has 0 fully saturated rings. The minimum absolute atomic E-state index is 0.276. The van der Waals surface area contributed by atoms with Crippen molar-refractivity contribution in [1.82, 2.24) is 4.48 Å². The van der Waals surface area contributed by atoms with E-state index in [4.69, 9.17) is 0 Å². The molecule has 18 heavy (non-hydrogen) atoms. The summed E-state index contributed by atoms with van der Waals surface area (Å²) in [6.07, 6.45) is 2.61. The minimum Gasteiger partial charge on any atom is -0.298 e. The lowest BCUT2D eigenvalue weighted by molar-refractivity contribution is -0.119. The Morgan fingerprint density at radius 1 is 1.00 bits per heavy atom. The Morgan fingerprint density at radius 3 is 2.06 bits per heavy atom. The molecule has 4 heteroatoms. The Morgan fingerprint density at radius 2 is 1.56 bits per heavy atom. The lowest BCUT2D eigenvalue weighted by Crippen LogP contribution is -2.35. The number of nitrogens with zero attached hydrogens (tertiary/aromatic N) is 2. The topological polar surface area (TPSA) is 37.4 Å². The number of amides is 2. The van der Waals surface area contributed by atoms with Crippen molar-refractivity contribution in [3.8, 4) is 0 Å². The van der Waals surface area contributed by atoms with Crippen LogP contribution >= 0.6 is 0 Å². The highest BCUT2D eigenvalue weighted by Gasteiger charge is 2.27. The molecule has 0 saturated carbocycles. The molecule has 0 saturated heterocycles. The molecular weight excluding hydrogens is 228 g/mol. The van der Waals surface area contributed by atoms with Crippen LogP contribution in [0.3, 0.4) is 0 Å². The first-order valence-corrected chi connectivity index (χ1v) is 5.79. The van der Waals surface area contributed by atoms with E-state index in [1.165, 1.54) is 17.1 Å². The number of benzene rings is 1. The lowest BCUT2D eigenvalue weighted by atomic mass is 10.1. The smallest absolute Gasteiger partial charge is 0.258 e. The number of hydrogen-bond donors (Lipinski definition) is 0. The monoisotopic (exact) mass is 245 g/mol. The first kappa shape index (κ1) is 12.5. The Bertz CT molecular complexity index is 535. The maximum atomic E-state index is 11.7. The Kier molecular flexibility index (Phi) is 2.83. The molecule has 2 amide bonds. The first-order chi connectivity index (χ1) is 8.30. The largest absolute Gasteiger partial charge is 0.298 e. The number of carbonyl (C=O) groups excluding carboxylic acids is 2. The zero-order chi connectivity index (χ0) is 13.5. The minimum atomic E-state index is -0.276. The van der Waals surface area contributed by atoms with Gasteiger partial charge in [-0.1, -0.05) is 6.07 Å². The van der Waals surface area contributed by atoms with Crippen LogP contribution in [0.4, 0.5) is 11.4 Å². The third kappa shape index (κ3) is 2.07. The summed E-state index contributed by atoms with van der Waals surface area (Å²) in [5, 5.41) is 0. The van der Waals surface area contributed by atoms with Crippen LogP contribution < -0.4 is 9.38 Å². The van der Waals surface area contributed by atoms with E-state index in [1.807, 2.05) is 46.3 Å². The third-order valence-corrected chi connectivity index (χ3v) is 3.02. The summed E-state index contributed by atoms with van der Waals surface area (Å²) in [5.74, 6) is -0.552. The van der Waals surface area contributed by atoms with Crippen LogP contribution in [-0.2, 0) is 9.59 Å². The van der Waals surface area contributed by atoms with Crippen LogP contribution in [0.5, 0.6) is 0 Å². The SMILES string of the molecule is Cc1ccc([N+](C)(C)C)cc1N1C(=O)C=CC1=O. The summed E-state index contributed by atoms with van der Waals surface area (Å²) in [6, 6.07) is 5.85. The average Bonchev–Trinajstić information content (AvgIpc) is 2.58. The maximum absolute atomic E-state index is 11.7. The van der Waals surface area contributed by atoms with Crippen molar-refractivity contribution in [2.24, 2.45) is 0 Å². The number of carbonyl (C=O) groups is 2. The predicted octanol–water partition coefficient (Wildman–Crippen LogP) is 1.62. The van der Waals surface area contributed by atoms with Crippen LogP contribution in [0.15, 0.2) is 30.4 Å². The summed E-state index contributed by atoms with van der Waals surface area (Å²) < 4.78 is 0.636. The van der Waals surface area contributed by atoms with Gasteiger partial charge in [0.1, 0.15) is 5.69 Å². The molecule has 94 valence electrons. The zero-order valence-electron chi connectivity index (χ0n) is 11.1. The fourth-order valence-corrected chi connectivity index (χ4v) is 1.89. The normalized spacial score (nSPS) is 15.7. The fourth-order valence-electron chi connectivity index (χ4n) is 1.89. The molecule has 0 aromatic heterocycles. The van der Waals surface area contributed by atoms with Gasteiger partial charge in [0, 0.05) is 18.2 Å². The van der Waals surface area contributed by atoms with Gasteiger partial charge in [-0.25, -0.2) is 4.90 Å². The molecule has 0 N–H and O–H groups in total. The highest BCUT2D eigenvalue weighted by molar-refractivity contribution is 6.28. The molecule has 1 aliphatic rings. The van der Waals surface area contributed by atoms with Crippen LogP contribution in [0.2, 0.25) is 0 Å².